The molecule has 4 aromatic rings. The van der Waals surface area contributed by atoms with Crippen molar-refractivity contribution >= 4 is 17.4 Å². The van der Waals surface area contributed by atoms with Gasteiger partial charge in [0.05, 0.1) is 36.6 Å². The number of nitrogens with zero attached hydrogens (tertiary/aromatic N) is 7. The molecular formula is C29H36FN9O2. The number of carbonyl (C=O) groups is 1. The van der Waals surface area contributed by atoms with Gasteiger partial charge in [-0.1, -0.05) is 0 Å². The quantitative estimate of drug-likeness (QED) is 0.349. The van der Waals surface area contributed by atoms with E-state index in [0.29, 0.717) is 47.5 Å². The van der Waals surface area contributed by atoms with Crippen LogP contribution in [-0.2, 0) is 4.74 Å². The second kappa shape index (κ2) is 11.2. The minimum absolute atomic E-state index is 0.0169. The number of amides is 1. The number of carbonyl (C=O) groups excluding carboxylic acids is 1. The molecule has 2 aliphatic rings. The third-order valence-electron chi connectivity index (χ3n) is 8.02. The first-order valence-corrected chi connectivity index (χ1v) is 14.0. The Balaban J connectivity index is 1.38. The molecule has 1 amide bonds. The Hall–Kier alpha value is -3.90. The van der Waals surface area contributed by atoms with Gasteiger partial charge < -0.3 is 20.3 Å². The molecule has 0 radical (unpaired) electrons. The minimum atomic E-state index is -2.68. The van der Waals surface area contributed by atoms with Crippen LogP contribution >= 0.6 is 0 Å². The number of piperidine rings is 1. The number of aromatic nitrogens is 6. The van der Waals surface area contributed by atoms with Crippen LogP contribution in [0.1, 0.15) is 59.2 Å². The van der Waals surface area contributed by atoms with Gasteiger partial charge >= 0.3 is 0 Å². The number of hydrogen-bond donors (Lipinski definition) is 2. The van der Waals surface area contributed by atoms with Gasteiger partial charge in [0.1, 0.15) is 17.3 Å². The minimum Gasteiger partial charge on any atom is -0.379 e. The van der Waals surface area contributed by atoms with Crippen LogP contribution in [0.3, 0.4) is 0 Å². The highest BCUT2D eigenvalue weighted by atomic mass is 19.1. The molecule has 41 heavy (non-hydrogen) atoms. The molecule has 2 saturated heterocycles. The van der Waals surface area contributed by atoms with Crippen LogP contribution in [0.2, 0.25) is 0 Å². The first-order valence-electron chi connectivity index (χ1n) is 15.5. The van der Waals surface area contributed by atoms with E-state index in [9.17, 15) is 4.79 Å². The SMILES string of the molecule is [2H]C([2H])([2H])NC(=O)c1cc(C)c(F)c(-c2cnn3cc(-c4cnn(C5CCN(C(C)C)CC5)n4)c(N[C@H]4CCOC4)nc23)c1. The molecule has 5 heterocycles. The van der Waals surface area contributed by atoms with Crippen molar-refractivity contribution in [1.82, 2.24) is 39.8 Å². The number of benzene rings is 1. The lowest BCUT2D eigenvalue weighted by Crippen LogP contribution is -2.39. The molecule has 12 heteroatoms. The lowest BCUT2D eigenvalue weighted by molar-refractivity contribution is 0.0963. The van der Waals surface area contributed by atoms with Crippen LogP contribution in [0.25, 0.3) is 28.0 Å². The number of rotatable bonds is 7. The fraction of sp³-hybridized carbons (Fsp3) is 0.483. The van der Waals surface area contributed by atoms with E-state index in [1.807, 2.05) is 5.32 Å². The van der Waals surface area contributed by atoms with Crippen molar-refractivity contribution in [2.45, 2.75) is 58.2 Å². The third-order valence-corrected chi connectivity index (χ3v) is 8.02. The number of hydrogen-bond acceptors (Lipinski definition) is 8. The molecular weight excluding hydrogens is 525 g/mol. The van der Waals surface area contributed by atoms with Gasteiger partial charge in [-0.3, -0.25) is 4.79 Å². The van der Waals surface area contributed by atoms with E-state index in [1.54, 1.807) is 21.7 Å². The second-order valence-electron chi connectivity index (χ2n) is 11.1. The standard InChI is InChI=1S/C29H36FN9O2/c1-17(2)37-8-5-21(6-9-37)39-33-14-25(36-39)24-15-38-28(35-27(24)34-20-7-10-41-16-20)23(13-32-38)22-12-19(29(40)31-4)11-18(3)26(22)30/h11-15,17,20-21H,5-10,16H2,1-4H3,(H,31,40)(H,34,35)/t20-/m0/s1/i4D3. The summed E-state index contributed by atoms with van der Waals surface area (Å²) in [6.07, 6.45) is 7.73. The molecule has 6 rings (SSSR count). The number of fused-ring (bicyclic) bond motifs is 1. The van der Waals surface area contributed by atoms with Crippen molar-refractivity contribution in [3.63, 3.8) is 0 Å². The number of ether oxygens (including phenoxy) is 1. The Morgan fingerprint density at radius 2 is 1.98 bits per heavy atom. The van der Waals surface area contributed by atoms with E-state index >= 15 is 4.39 Å². The van der Waals surface area contributed by atoms with Crippen molar-refractivity contribution in [2.75, 3.05) is 38.6 Å². The Morgan fingerprint density at radius 3 is 2.71 bits per heavy atom. The van der Waals surface area contributed by atoms with E-state index in [1.165, 1.54) is 25.3 Å². The van der Waals surface area contributed by atoms with Gasteiger partial charge in [0, 0.05) is 59.7 Å². The van der Waals surface area contributed by atoms with Gasteiger partial charge in [0.15, 0.2) is 5.65 Å². The van der Waals surface area contributed by atoms with E-state index in [0.717, 1.165) is 32.4 Å². The van der Waals surface area contributed by atoms with Crippen LogP contribution in [0.4, 0.5) is 10.2 Å². The van der Waals surface area contributed by atoms with E-state index in [2.05, 4.69) is 34.3 Å². The summed E-state index contributed by atoms with van der Waals surface area (Å²) in [7, 11) is 0. The molecule has 216 valence electrons. The van der Waals surface area contributed by atoms with Crippen molar-refractivity contribution in [2.24, 2.45) is 0 Å². The fourth-order valence-corrected chi connectivity index (χ4v) is 5.62. The van der Waals surface area contributed by atoms with Gasteiger partial charge in [-0.15, -0.1) is 0 Å². The molecule has 3 aromatic heterocycles. The molecule has 0 spiro atoms. The molecule has 1 aromatic carbocycles. The second-order valence-corrected chi connectivity index (χ2v) is 11.1. The topological polar surface area (TPSA) is 114 Å². The maximum absolute atomic E-state index is 15.5. The molecule has 2 fully saturated rings. The van der Waals surface area contributed by atoms with Gasteiger partial charge in [-0.2, -0.15) is 20.1 Å². The van der Waals surface area contributed by atoms with E-state index in [-0.39, 0.29) is 28.8 Å². The lowest BCUT2D eigenvalue weighted by Gasteiger charge is -2.34. The summed E-state index contributed by atoms with van der Waals surface area (Å²) in [6, 6.07) is 3.38. The predicted octanol–water partition coefficient (Wildman–Crippen LogP) is 3.71. The summed E-state index contributed by atoms with van der Waals surface area (Å²) >= 11 is 0. The maximum Gasteiger partial charge on any atom is 0.251 e. The van der Waals surface area contributed by atoms with Crippen LogP contribution in [0.5, 0.6) is 0 Å². The summed E-state index contributed by atoms with van der Waals surface area (Å²) in [5.74, 6) is -0.853. The van der Waals surface area contributed by atoms with Gasteiger partial charge in [0.2, 0.25) is 0 Å². The van der Waals surface area contributed by atoms with E-state index < -0.39 is 18.7 Å². The highest BCUT2D eigenvalue weighted by Gasteiger charge is 2.26. The van der Waals surface area contributed by atoms with Crippen molar-refractivity contribution in [3.8, 4) is 22.4 Å². The monoisotopic (exact) mass is 564 g/mol. The zero-order valence-corrected chi connectivity index (χ0v) is 23.4. The van der Waals surface area contributed by atoms with Gasteiger partial charge in [-0.05, 0) is 57.7 Å². The lowest BCUT2D eigenvalue weighted by atomic mass is 10.0. The van der Waals surface area contributed by atoms with Crippen LogP contribution < -0.4 is 10.6 Å². The van der Waals surface area contributed by atoms with Crippen molar-refractivity contribution in [3.05, 3.63) is 47.7 Å². The average molecular weight is 565 g/mol. The number of aryl methyl sites for hydroxylation is 1. The average Bonchev–Trinajstić information content (AvgIpc) is 3.75. The Labute approximate surface area is 242 Å². The Bertz CT molecular complexity index is 1670. The predicted molar refractivity (Wildman–Crippen MR) is 153 cm³/mol. The third kappa shape index (κ3) is 5.29. The molecule has 11 nitrogen and oxygen atoms in total. The highest BCUT2D eigenvalue weighted by Crippen LogP contribution is 2.34. The first kappa shape index (κ1) is 23.8. The molecule has 0 aliphatic carbocycles. The van der Waals surface area contributed by atoms with E-state index in [4.69, 9.17) is 18.9 Å². The van der Waals surface area contributed by atoms with Crippen LogP contribution in [-0.4, -0.2) is 85.8 Å². The molecule has 2 N–H and O–H groups in total. The molecule has 2 aliphatic heterocycles. The molecule has 0 saturated carbocycles. The number of anilines is 1. The number of likely N-dealkylation sites (tertiary alicyclic amines) is 1. The number of halogens is 1. The van der Waals surface area contributed by atoms with Crippen LogP contribution in [0, 0.1) is 12.7 Å². The molecule has 1 atom stereocenters. The zero-order valence-electron chi connectivity index (χ0n) is 26.4. The van der Waals surface area contributed by atoms with Crippen molar-refractivity contribution in [1.29, 1.82) is 0 Å². The number of nitrogens with one attached hydrogen (secondary N) is 2. The summed E-state index contributed by atoms with van der Waals surface area (Å²) < 4.78 is 44.8. The first-order chi connectivity index (χ1) is 21.0. The molecule has 0 unspecified atom stereocenters. The normalized spacial score (nSPS) is 19.8. The summed E-state index contributed by atoms with van der Waals surface area (Å²) in [6.45, 7) is 6.40. The van der Waals surface area contributed by atoms with Crippen molar-refractivity contribution < 1.29 is 18.0 Å². The van der Waals surface area contributed by atoms with Crippen LogP contribution in [0.15, 0.2) is 30.7 Å². The maximum atomic E-state index is 15.5. The smallest absolute Gasteiger partial charge is 0.251 e. The fourth-order valence-electron chi connectivity index (χ4n) is 5.62. The van der Waals surface area contributed by atoms with Gasteiger partial charge in [-0.25, -0.2) is 13.9 Å². The zero-order chi connectivity index (χ0) is 31.2. The summed E-state index contributed by atoms with van der Waals surface area (Å²) in [5.41, 5.74) is 2.32. The van der Waals surface area contributed by atoms with Gasteiger partial charge in [0.25, 0.3) is 5.91 Å². The molecule has 0 bridgehead atoms. The summed E-state index contributed by atoms with van der Waals surface area (Å²) in [5, 5.41) is 19.4. The Kier molecular flexibility index (Phi) is 6.48. The summed E-state index contributed by atoms with van der Waals surface area (Å²) in [4.78, 5) is 21.8. The highest BCUT2D eigenvalue weighted by molar-refractivity contribution is 5.96. The Morgan fingerprint density at radius 1 is 1.15 bits per heavy atom. The largest absolute Gasteiger partial charge is 0.379 e.